The number of hydrogen-bond donors (Lipinski definition) is 3. The monoisotopic (exact) mass is 524 g/mol. The van der Waals surface area contributed by atoms with Gasteiger partial charge in [-0.1, -0.05) is 72.3 Å². The van der Waals surface area contributed by atoms with Crippen molar-refractivity contribution in [3.05, 3.63) is 101 Å². The van der Waals surface area contributed by atoms with E-state index in [0.29, 0.717) is 29.1 Å². The topological polar surface area (TPSA) is 94.3 Å². The lowest BCUT2D eigenvalue weighted by molar-refractivity contribution is -0.142. The second-order valence-electron chi connectivity index (χ2n) is 10.3. The van der Waals surface area contributed by atoms with Crippen LogP contribution in [0.15, 0.2) is 79.0 Å². The number of carbonyl (C=O) groups excluding carboxylic acids is 3. The van der Waals surface area contributed by atoms with E-state index in [2.05, 4.69) is 15.6 Å². The van der Waals surface area contributed by atoms with Crippen LogP contribution in [-0.2, 0) is 32.8 Å². The Morgan fingerprint density at radius 2 is 1.68 bits per heavy atom. The summed E-state index contributed by atoms with van der Waals surface area (Å²) in [7, 11) is 0. The Bertz CT molecular complexity index is 1620. The third-order valence-electron chi connectivity index (χ3n) is 8.37. The Morgan fingerprint density at radius 1 is 0.895 bits per heavy atom. The first kappa shape index (κ1) is 23.2. The van der Waals surface area contributed by atoms with E-state index in [1.165, 1.54) is 4.90 Å². The van der Waals surface area contributed by atoms with Crippen LogP contribution in [0.2, 0.25) is 5.02 Å². The lowest BCUT2D eigenvalue weighted by Crippen LogP contribution is -2.53. The largest absolute Gasteiger partial charge is 0.361 e. The fourth-order valence-electron chi connectivity index (χ4n) is 6.67. The Hall–Kier alpha value is -3.94. The van der Waals surface area contributed by atoms with Crippen molar-refractivity contribution in [2.24, 2.45) is 11.8 Å². The van der Waals surface area contributed by atoms with Gasteiger partial charge in [-0.05, 0) is 36.1 Å². The summed E-state index contributed by atoms with van der Waals surface area (Å²) in [6.07, 6.45) is 2.99. The standard InChI is InChI=1S/C30H25ClN4O3/c31-21-11-6-10-20-26(21)33-29(38)30(20)25-24(23(34-30)15-18-16-32-22-12-5-4-9-19(18)22)27(36)35(28(25)37)14-13-17-7-2-1-3-8-17/h1-12,16,23-25,32,34H,13-15H2,(H,33,38). The van der Waals surface area contributed by atoms with Crippen LogP contribution in [-0.4, -0.2) is 40.2 Å². The number of anilines is 1. The van der Waals surface area contributed by atoms with E-state index in [0.717, 1.165) is 22.0 Å². The molecule has 1 spiro atoms. The van der Waals surface area contributed by atoms with E-state index in [1.54, 1.807) is 12.1 Å². The number of aromatic amines is 1. The number of imide groups is 1. The van der Waals surface area contributed by atoms with Gasteiger partial charge < -0.3 is 10.3 Å². The maximum atomic E-state index is 14.0. The molecule has 3 aromatic carbocycles. The molecule has 4 unspecified atom stereocenters. The quantitative estimate of drug-likeness (QED) is 0.344. The van der Waals surface area contributed by atoms with Crippen molar-refractivity contribution >= 4 is 45.9 Å². The number of nitrogens with zero attached hydrogens (tertiary/aromatic N) is 1. The van der Waals surface area contributed by atoms with Gasteiger partial charge >= 0.3 is 0 Å². The molecular weight excluding hydrogens is 500 g/mol. The van der Waals surface area contributed by atoms with Gasteiger partial charge in [0, 0.05) is 35.2 Å². The number of benzene rings is 3. The highest BCUT2D eigenvalue weighted by Gasteiger charge is 2.70. The van der Waals surface area contributed by atoms with Crippen molar-refractivity contribution in [3.63, 3.8) is 0 Å². The molecule has 3 amide bonds. The van der Waals surface area contributed by atoms with Gasteiger partial charge in [0.1, 0.15) is 5.54 Å². The molecule has 0 saturated carbocycles. The van der Waals surface area contributed by atoms with E-state index in [1.807, 2.05) is 66.9 Å². The zero-order valence-corrected chi connectivity index (χ0v) is 21.2. The summed E-state index contributed by atoms with van der Waals surface area (Å²) >= 11 is 6.46. The van der Waals surface area contributed by atoms with Crippen molar-refractivity contribution in [2.45, 2.75) is 24.4 Å². The second kappa shape index (κ2) is 8.55. The van der Waals surface area contributed by atoms with Crippen molar-refractivity contribution in [1.82, 2.24) is 15.2 Å². The molecule has 3 aliphatic rings. The van der Waals surface area contributed by atoms with Gasteiger partial charge in [-0.25, -0.2) is 0 Å². The number of nitrogens with one attached hydrogen (secondary N) is 3. The molecule has 2 saturated heterocycles. The molecule has 7 nitrogen and oxygen atoms in total. The second-order valence-corrected chi connectivity index (χ2v) is 10.7. The van der Waals surface area contributed by atoms with Gasteiger partial charge in [-0.3, -0.25) is 24.6 Å². The number of H-pyrrole nitrogens is 1. The SMILES string of the molecule is O=C1C2C(Cc3c[nH]c4ccccc34)NC3(C(=O)Nc4c(Cl)cccc43)C2C(=O)N1CCc1ccccc1. The lowest BCUT2D eigenvalue weighted by atomic mass is 9.76. The average Bonchev–Trinajstić information content (AvgIpc) is 3.64. The maximum Gasteiger partial charge on any atom is 0.250 e. The number of likely N-dealkylation sites (tertiary alicyclic amines) is 1. The summed E-state index contributed by atoms with van der Waals surface area (Å²) in [6, 6.07) is 22.7. The molecule has 4 atom stereocenters. The number of aromatic nitrogens is 1. The number of amides is 3. The third kappa shape index (κ3) is 3.22. The van der Waals surface area contributed by atoms with Gasteiger partial charge in [0.15, 0.2) is 0 Å². The van der Waals surface area contributed by atoms with Gasteiger partial charge in [0.25, 0.3) is 0 Å². The van der Waals surface area contributed by atoms with Crippen molar-refractivity contribution < 1.29 is 14.4 Å². The van der Waals surface area contributed by atoms with Crippen LogP contribution in [0.3, 0.4) is 0 Å². The van der Waals surface area contributed by atoms with Gasteiger partial charge in [0.2, 0.25) is 17.7 Å². The van der Waals surface area contributed by atoms with E-state index in [4.69, 9.17) is 11.6 Å². The Morgan fingerprint density at radius 3 is 2.53 bits per heavy atom. The molecular formula is C30H25ClN4O3. The Balaban J connectivity index is 1.30. The van der Waals surface area contributed by atoms with Gasteiger partial charge in [-0.2, -0.15) is 0 Å². The fraction of sp³-hybridized carbons (Fsp3) is 0.233. The average molecular weight is 525 g/mol. The van der Waals surface area contributed by atoms with Crippen LogP contribution in [0, 0.1) is 11.8 Å². The molecule has 0 bridgehead atoms. The summed E-state index contributed by atoms with van der Waals surface area (Å²) in [5.41, 5.74) is 2.83. The van der Waals surface area contributed by atoms with Crippen LogP contribution in [0.4, 0.5) is 5.69 Å². The molecule has 190 valence electrons. The molecule has 3 aliphatic heterocycles. The molecule has 1 aromatic heterocycles. The number of para-hydroxylation sites is 2. The van der Waals surface area contributed by atoms with Crippen LogP contribution in [0.5, 0.6) is 0 Å². The minimum atomic E-state index is -1.37. The first-order valence-corrected chi connectivity index (χ1v) is 13.2. The molecule has 2 fully saturated rings. The molecule has 4 aromatic rings. The highest BCUT2D eigenvalue weighted by Crippen LogP contribution is 2.54. The molecule has 38 heavy (non-hydrogen) atoms. The summed E-state index contributed by atoms with van der Waals surface area (Å²) < 4.78 is 0. The number of carbonyl (C=O) groups is 3. The Kier molecular flexibility index (Phi) is 5.22. The van der Waals surface area contributed by atoms with E-state index in [9.17, 15) is 14.4 Å². The zero-order chi connectivity index (χ0) is 26.0. The molecule has 0 aliphatic carbocycles. The number of halogens is 1. The van der Waals surface area contributed by atoms with E-state index in [-0.39, 0.29) is 24.3 Å². The molecule has 8 heteroatoms. The zero-order valence-electron chi connectivity index (χ0n) is 20.4. The minimum Gasteiger partial charge on any atom is -0.361 e. The van der Waals surface area contributed by atoms with Gasteiger partial charge in [-0.15, -0.1) is 0 Å². The van der Waals surface area contributed by atoms with Crippen molar-refractivity contribution in [1.29, 1.82) is 0 Å². The molecule has 4 heterocycles. The van der Waals surface area contributed by atoms with Crippen LogP contribution >= 0.6 is 11.6 Å². The van der Waals surface area contributed by atoms with Crippen LogP contribution in [0.1, 0.15) is 16.7 Å². The number of rotatable bonds is 5. The lowest BCUT2D eigenvalue weighted by Gasteiger charge is -2.29. The molecule has 0 radical (unpaired) electrons. The third-order valence-corrected chi connectivity index (χ3v) is 8.69. The smallest absolute Gasteiger partial charge is 0.250 e. The summed E-state index contributed by atoms with van der Waals surface area (Å²) in [4.78, 5) is 46.4. The summed E-state index contributed by atoms with van der Waals surface area (Å²) in [5, 5.41) is 7.88. The predicted molar refractivity (Wildman–Crippen MR) is 145 cm³/mol. The fourth-order valence-corrected chi connectivity index (χ4v) is 6.89. The van der Waals surface area contributed by atoms with Crippen molar-refractivity contribution in [3.8, 4) is 0 Å². The number of fused-ring (bicyclic) bond motifs is 5. The van der Waals surface area contributed by atoms with E-state index < -0.39 is 23.4 Å². The first-order valence-electron chi connectivity index (χ1n) is 12.8. The summed E-state index contributed by atoms with van der Waals surface area (Å²) in [6.45, 7) is 0.272. The molecule has 3 N–H and O–H groups in total. The maximum absolute atomic E-state index is 14.0. The Labute approximate surface area is 224 Å². The van der Waals surface area contributed by atoms with E-state index >= 15 is 0 Å². The molecule has 7 rings (SSSR count). The first-order chi connectivity index (χ1) is 18.5. The summed E-state index contributed by atoms with van der Waals surface area (Å²) in [5.74, 6) is -2.42. The number of hydrogen-bond acceptors (Lipinski definition) is 4. The van der Waals surface area contributed by atoms with Crippen molar-refractivity contribution in [2.75, 3.05) is 11.9 Å². The normalized spacial score (nSPS) is 25.9. The highest BCUT2D eigenvalue weighted by atomic mass is 35.5. The van der Waals surface area contributed by atoms with Crippen LogP contribution in [0.25, 0.3) is 10.9 Å². The van der Waals surface area contributed by atoms with Gasteiger partial charge in [0.05, 0.1) is 22.5 Å². The highest BCUT2D eigenvalue weighted by molar-refractivity contribution is 6.35. The minimum absolute atomic E-state index is 0.228. The predicted octanol–water partition coefficient (Wildman–Crippen LogP) is 4.03. The van der Waals surface area contributed by atoms with Crippen LogP contribution < -0.4 is 10.6 Å².